The second-order valence-electron chi connectivity index (χ2n) is 18.1. The van der Waals surface area contributed by atoms with Gasteiger partial charge in [-0.1, -0.05) is 164 Å². The number of fused-ring (bicyclic) bond motifs is 3. The van der Waals surface area contributed by atoms with Crippen molar-refractivity contribution in [3.05, 3.63) is 156 Å². The van der Waals surface area contributed by atoms with Crippen LogP contribution in [-0.4, -0.2) is 51.6 Å². The number of carbonyl (C=O) groups excluding carboxylic acids is 2. The molecule has 0 N–H and O–H groups in total. The zero-order valence-electron chi connectivity index (χ0n) is 43.9. The summed E-state index contributed by atoms with van der Waals surface area (Å²) in [5.41, 5.74) is 5.90. The molecule has 10 nitrogen and oxygen atoms in total. The molecule has 6 aromatic carbocycles. The van der Waals surface area contributed by atoms with Crippen LogP contribution in [0.3, 0.4) is 0 Å². The van der Waals surface area contributed by atoms with E-state index in [4.69, 9.17) is 37.9 Å². The van der Waals surface area contributed by atoms with Crippen molar-refractivity contribution in [1.29, 1.82) is 0 Å². The van der Waals surface area contributed by atoms with E-state index in [1.54, 1.807) is 13.8 Å². The standard InChI is InChI=1S/C63H70O10/c1-11-35-66-53-49(43-27-19-17-20-28-43)55(72-61(64)41(7)8)59(70-39-15-5)57(68-37-13-3)51(53)63(47-33-25-23-31-45(47)46-32-24-26-34-48(46)63)52-54(67-36-12-2)50(44-29-21-18-22-30-44)56(73-62(65)42(9)10)60(71-40-16-6)58(52)69-38-14-4/h17-34H,7,9,11-16,35-40H2,1-6,8,10H3. The summed E-state index contributed by atoms with van der Waals surface area (Å²) in [4.78, 5) is 28.2. The maximum atomic E-state index is 14.1. The number of hydrogen-bond donors (Lipinski definition) is 0. The van der Waals surface area contributed by atoms with Crippen molar-refractivity contribution >= 4 is 11.9 Å². The maximum Gasteiger partial charge on any atom is 0.338 e. The summed E-state index contributed by atoms with van der Waals surface area (Å²) in [5, 5.41) is 0. The number of hydrogen-bond acceptors (Lipinski definition) is 10. The molecule has 7 rings (SSSR count). The molecule has 382 valence electrons. The van der Waals surface area contributed by atoms with Gasteiger partial charge in [0.25, 0.3) is 0 Å². The van der Waals surface area contributed by atoms with Gasteiger partial charge in [-0.2, -0.15) is 0 Å². The van der Waals surface area contributed by atoms with Crippen molar-refractivity contribution in [3.8, 4) is 79.4 Å². The number of rotatable bonds is 26. The summed E-state index contributed by atoms with van der Waals surface area (Å²) in [6.45, 7) is 24.9. The highest BCUT2D eigenvalue weighted by Gasteiger charge is 2.56. The van der Waals surface area contributed by atoms with Gasteiger partial charge in [-0.25, -0.2) is 9.59 Å². The van der Waals surface area contributed by atoms with Gasteiger partial charge in [0.15, 0.2) is 23.0 Å². The van der Waals surface area contributed by atoms with Crippen molar-refractivity contribution in [2.75, 3.05) is 39.6 Å². The van der Waals surface area contributed by atoms with Crippen LogP contribution in [0.2, 0.25) is 0 Å². The largest absolute Gasteiger partial charge is 0.492 e. The van der Waals surface area contributed by atoms with Gasteiger partial charge >= 0.3 is 11.9 Å². The van der Waals surface area contributed by atoms with E-state index >= 15 is 0 Å². The van der Waals surface area contributed by atoms with E-state index in [-0.39, 0.29) is 73.8 Å². The molecule has 0 spiro atoms. The Balaban J connectivity index is 1.93. The molecule has 1 aliphatic carbocycles. The van der Waals surface area contributed by atoms with Crippen LogP contribution in [0.5, 0.6) is 46.0 Å². The van der Waals surface area contributed by atoms with Gasteiger partial charge < -0.3 is 37.9 Å². The SMILES string of the molecule is C=C(C)C(=O)Oc1c(OCCC)c(OCCC)c(C2(c3c(OCCC)c(OCCC)c(OC(=O)C(=C)C)c(-c4ccccc4)c3OCCC)c3ccccc3-c3ccccc32)c(OCCC)c1-c1ccccc1. The summed E-state index contributed by atoms with van der Waals surface area (Å²) in [5.74, 6) is 0.785. The fraction of sp³-hybridized carbons (Fsp3) is 0.333. The highest BCUT2D eigenvalue weighted by Crippen LogP contribution is 2.70. The summed E-state index contributed by atoms with van der Waals surface area (Å²) in [6, 6.07) is 36.1. The van der Waals surface area contributed by atoms with Crippen molar-refractivity contribution < 1.29 is 47.5 Å². The number of esters is 2. The Labute approximate surface area is 431 Å². The van der Waals surface area contributed by atoms with Gasteiger partial charge in [0.05, 0.1) is 67.3 Å². The third-order valence-electron chi connectivity index (χ3n) is 12.3. The fourth-order valence-electron chi connectivity index (χ4n) is 9.24. The van der Waals surface area contributed by atoms with Crippen LogP contribution in [0.15, 0.2) is 133 Å². The molecule has 0 saturated heterocycles. The molecule has 73 heavy (non-hydrogen) atoms. The van der Waals surface area contributed by atoms with E-state index in [1.807, 2.05) is 113 Å². The zero-order valence-corrected chi connectivity index (χ0v) is 43.9. The molecule has 0 saturated carbocycles. The first-order valence-corrected chi connectivity index (χ1v) is 25.9. The lowest BCUT2D eigenvalue weighted by molar-refractivity contribution is -0.131. The lowest BCUT2D eigenvalue weighted by atomic mass is 9.65. The zero-order chi connectivity index (χ0) is 52.1. The normalized spacial score (nSPS) is 12.0. The molecule has 0 aliphatic heterocycles. The van der Waals surface area contributed by atoms with Gasteiger partial charge in [0.1, 0.15) is 11.5 Å². The minimum absolute atomic E-state index is 0.132. The van der Waals surface area contributed by atoms with Crippen LogP contribution in [0.1, 0.15) is 116 Å². The van der Waals surface area contributed by atoms with Crippen LogP contribution < -0.4 is 37.9 Å². The van der Waals surface area contributed by atoms with Gasteiger partial charge in [-0.15, -0.1) is 0 Å². The highest BCUT2D eigenvalue weighted by molar-refractivity contribution is 5.99. The van der Waals surface area contributed by atoms with Crippen LogP contribution >= 0.6 is 0 Å². The first-order valence-electron chi connectivity index (χ1n) is 25.9. The van der Waals surface area contributed by atoms with Crippen molar-refractivity contribution in [1.82, 2.24) is 0 Å². The average molecular weight is 987 g/mol. The third kappa shape index (κ3) is 10.6. The lowest BCUT2D eigenvalue weighted by Gasteiger charge is -2.40. The Hall–Kier alpha value is -7.46. The van der Waals surface area contributed by atoms with Crippen LogP contribution in [0, 0.1) is 0 Å². The molecule has 0 atom stereocenters. The second-order valence-corrected chi connectivity index (χ2v) is 18.1. The Kier molecular flexibility index (Phi) is 18.1. The molecule has 0 fully saturated rings. The predicted molar refractivity (Wildman–Crippen MR) is 290 cm³/mol. The van der Waals surface area contributed by atoms with Gasteiger partial charge in [0.2, 0.25) is 11.5 Å². The van der Waals surface area contributed by atoms with Crippen LogP contribution in [0.4, 0.5) is 0 Å². The van der Waals surface area contributed by atoms with Gasteiger partial charge in [-0.3, -0.25) is 0 Å². The summed E-state index contributed by atoms with van der Waals surface area (Å²) in [6.07, 6.45) is 3.72. The summed E-state index contributed by atoms with van der Waals surface area (Å²) < 4.78 is 56.2. The fourth-order valence-corrected chi connectivity index (χ4v) is 9.24. The van der Waals surface area contributed by atoms with Gasteiger partial charge in [-0.05, 0) is 85.8 Å². The third-order valence-corrected chi connectivity index (χ3v) is 12.3. The quantitative estimate of drug-likeness (QED) is 0.0296. The minimum Gasteiger partial charge on any atom is -0.492 e. The van der Waals surface area contributed by atoms with Crippen LogP contribution in [0.25, 0.3) is 33.4 Å². The molecule has 0 bridgehead atoms. The molecule has 0 radical (unpaired) electrons. The van der Waals surface area contributed by atoms with E-state index in [9.17, 15) is 9.59 Å². The average Bonchev–Trinajstić information content (AvgIpc) is 3.70. The van der Waals surface area contributed by atoms with E-state index in [2.05, 4.69) is 51.3 Å². The molecule has 0 aromatic heterocycles. The first kappa shape index (κ1) is 53.3. The molecule has 10 heteroatoms. The van der Waals surface area contributed by atoms with Crippen LogP contribution in [-0.2, 0) is 15.0 Å². The highest BCUT2D eigenvalue weighted by atomic mass is 16.6. The Bertz CT molecular complexity index is 2720. The molecule has 0 unspecified atom stereocenters. The van der Waals surface area contributed by atoms with Crippen molar-refractivity contribution in [3.63, 3.8) is 0 Å². The van der Waals surface area contributed by atoms with Gasteiger partial charge in [0, 0.05) is 11.1 Å². The molecule has 0 amide bonds. The maximum absolute atomic E-state index is 14.1. The smallest absolute Gasteiger partial charge is 0.338 e. The molecular formula is C63H70O10. The summed E-state index contributed by atoms with van der Waals surface area (Å²) in [7, 11) is 0. The monoisotopic (exact) mass is 986 g/mol. The lowest BCUT2D eigenvalue weighted by Crippen LogP contribution is -2.33. The van der Waals surface area contributed by atoms with Crippen molar-refractivity contribution in [2.45, 2.75) is 99.3 Å². The second kappa shape index (κ2) is 24.8. The minimum atomic E-state index is -1.51. The molecular weight excluding hydrogens is 917 g/mol. The van der Waals surface area contributed by atoms with E-state index in [0.717, 1.165) is 22.3 Å². The first-order chi connectivity index (χ1) is 35.5. The summed E-state index contributed by atoms with van der Waals surface area (Å²) >= 11 is 0. The number of carbonyl (C=O) groups is 2. The number of benzene rings is 6. The molecule has 6 aromatic rings. The predicted octanol–water partition coefficient (Wildman–Crippen LogP) is 15.1. The van der Waals surface area contributed by atoms with E-state index in [0.29, 0.717) is 94.9 Å². The Morgan fingerprint density at radius 3 is 0.986 bits per heavy atom. The van der Waals surface area contributed by atoms with E-state index in [1.165, 1.54) is 0 Å². The van der Waals surface area contributed by atoms with Crippen molar-refractivity contribution in [2.24, 2.45) is 0 Å². The molecule has 0 heterocycles. The van der Waals surface area contributed by atoms with E-state index < -0.39 is 17.4 Å². The number of ether oxygens (including phenoxy) is 8. The Morgan fingerprint density at radius 1 is 0.384 bits per heavy atom. The Morgan fingerprint density at radius 2 is 0.671 bits per heavy atom. The topological polar surface area (TPSA) is 108 Å². The molecule has 1 aliphatic rings.